The van der Waals surface area contributed by atoms with E-state index in [1.165, 1.54) is 0 Å². The van der Waals surface area contributed by atoms with Gasteiger partial charge in [-0.25, -0.2) is 9.59 Å². The molecule has 0 aliphatic carbocycles. The van der Waals surface area contributed by atoms with Gasteiger partial charge < -0.3 is 19.4 Å². The lowest BCUT2D eigenvalue weighted by molar-refractivity contribution is 0.262. The molecule has 7 nitrogen and oxygen atoms in total. The quantitative estimate of drug-likeness (QED) is 0.626. The van der Waals surface area contributed by atoms with E-state index in [4.69, 9.17) is 9.15 Å². The minimum Gasteiger partial charge on any atom is -0.494 e. The van der Waals surface area contributed by atoms with Crippen LogP contribution in [-0.4, -0.2) is 25.7 Å². The van der Waals surface area contributed by atoms with Gasteiger partial charge in [-0.3, -0.25) is 5.32 Å². The summed E-state index contributed by atoms with van der Waals surface area (Å²) in [6.45, 7) is 4.16. The highest BCUT2D eigenvalue weighted by Crippen LogP contribution is 2.34. The van der Waals surface area contributed by atoms with Gasteiger partial charge in [0.25, 0.3) is 0 Å². The maximum atomic E-state index is 12.7. The molecule has 0 unspecified atom stereocenters. The van der Waals surface area contributed by atoms with Gasteiger partial charge in [-0.05, 0) is 56.2 Å². The number of ether oxygens (including phenoxy) is 1. The Balaban J connectivity index is 1.63. The number of nitrogens with one attached hydrogen (secondary N) is 2. The molecule has 1 aliphatic rings. The lowest BCUT2D eigenvalue weighted by atomic mass is 10.1. The smallest absolute Gasteiger partial charge is 0.362 e. The Labute approximate surface area is 168 Å². The van der Waals surface area contributed by atoms with E-state index in [1.807, 2.05) is 25.1 Å². The Hall–Kier alpha value is -3.48. The molecule has 2 amide bonds. The Morgan fingerprint density at radius 3 is 2.52 bits per heavy atom. The first kappa shape index (κ1) is 18.9. The molecule has 2 aromatic carbocycles. The summed E-state index contributed by atoms with van der Waals surface area (Å²) in [5.74, 6) is 0.727. The molecule has 0 saturated carbocycles. The average Bonchev–Trinajstić information content (AvgIpc) is 3.24. The first-order chi connectivity index (χ1) is 14.2. The first-order valence-electron chi connectivity index (χ1n) is 9.77. The Morgan fingerprint density at radius 1 is 1.07 bits per heavy atom. The van der Waals surface area contributed by atoms with Crippen molar-refractivity contribution in [1.82, 2.24) is 0 Å². The second-order valence-electron chi connectivity index (χ2n) is 6.84. The average molecular weight is 393 g/mol. The number of urea groups is 1. The van der Waals surface area contributed by atoms with E-state index in [9.17, 15) is 9.59 Å². The Kier molecular flexibility index (Phi) is 5.37. The van der Waals surface area contributed by atoms with Crippen LogP contribution >= 0.6 is 0 Å². The van der Waals surface area contributed by atoms with Crippen LogP contribution in [0.15, 0.2) is 57.7 Å². The molecular weight excluding hydrogens is 370 g/mol. The van der Waals surface area contributed by atoms with E-state index in [0.29, 0.717) is 17.9 Å². The maximum absolute atomic E-state index is 12.7. The fraction of sp³-hybridized carbons (Fsp3) is 0.273. The highest BCUT2D eigenvalue weighted by molar-refractivity contribution is 6.06. The van der Waals surface area contributed by atoms with Crippen LogP contribution in [0.4, 0.5) is 21.9 Å². The zero-order valence-electron chi connectivity index (χ0n) is 16.2. The molecule has 1 fully saturated rings. The van der Waals surface area contributed by atoms with E-state index in [1.54, 1.807) is 30.3 Å². The summed E-state index contributed by atoms with van der Waals surface area (Å²) in [4.78, 5) is 27.4. The number of anilines is 3. The number of hydrogen-bond donors (Lipinski definition) is 2. The van der Waals surface area contributed by atoms with Crippen LogP contribution in [0.1, 0.15) is 19.8 Å². The summed E-state index contributed by atoms with van der Waals surface area (Å²) in [7, 11) is 0. The molecule has 0 atom stereocenters. The summed E-state index contributed by atoms with van der Waals surface area (Å²) in [6, 6.07) is 13.9. The van der Waals surface area contributed by atoms with Gasteiger partial charge in [0.05, 0.1) is 12.3 Å². The number of hydrogen-bond acceptors (Lipinski definition) is 5. The molecule has 7 heteroatoms. The van der Waals surface area contributed by atoms with Crippen molar-refractivity contribution in [3.63, 3.8) is 0 Å². The van der Waals surface area contributed by atoms with Gasteiger partial charge in [0.15, 0.2) is 5.69 Å². The molecule has 29 heavy (non-hydrogen) atoms. The van der Waals surface area contributed by atoms with Crippen molar-refractivity contribution in [2.45, 2.75) is 19.8 Å². The number of benzene rings is 2. The van der Waals surface area contributed by atoms with Gasteiger partial charge in [0.1, 0.15) is 11.3 Å². The van der Waals surface area contributed by atoms with E-state index in [0.717, 1.165) is 42.8 Å². The summed E-state index contributed by atoms with van der Waals surface area (Å²) in [5, 5.41) is 6.27. The topological polar surface area (TPSA) is 83.8 Å². The number of fused-ring (bicyclic) bond motifs is 1. The summed E-state index contributed by atoms with van der Waals surface area (Å²) in [5.41, 5.74) is 1.42. The van der Waals surface area contributed by atoms with Crippen molar-refractivity contribution in [3.05, 3.63) is 59.0 Å². The van der Waals surface area contributed by atoms with Crippen molar-refractivity contribution in [3.8, 4) is 5.75 Å². The molecule has 1 aliphatic heterocycles. The molecule has 2 N–H and O–H groups in total. The molecule has 1 aromatic heterocycles. The van der Waals surface area contributed by atoms with Crippen molar-refractivity contribution in [2.75, 3.05) is 35.2 Å². The number of rotatable bonds is 5. The monoisotopic (exact) mass is 393 g/mol. The lowest BCUT2D eigenvalue weighted by Gasteiger charge is -2.22. The number of carbonyl (C=O) groups excluding carboxylic acids is 1. The van der Waals surface area contributed by atoms with E-state index < -0.39 is 11.7 Å². The summed E-state index contributed by atoms with van der Waals surface area (Å²) in [6.07, 6.45) is 2.10. The standard InChI is InChI=1S/C22H23N3O4/c1-2-28-16-11-9-15(10-12-16)23-22(27)24-19-20(25-13-5-6-14-25)17-7-3-4-8-18(17)29-21(19)26/h3-4,7-12H,2,5-6,13-14H2,1H3,(H2,23,24,27). The van der Waals surface area contributed by atoms with Crippen LogP contribution in [0.3, 0.4) is 0 Å². The van der Waals surface area contributed by atoms with Gasteiger partial charge in [-0.1, -0.05) is 12.1 Å². The van der Waals surface area contributed by atoms with Gasteiger partial charge in [-0.15, -0.1) is 0 Å². The molecule has 0 spiro atoms. The van der Waals surface area contributed by atoms with Crippen LogP contribution in [0.2, 0.25) is 0 Å². The third-order valence-corrected chi connectivity index (χ3v) is 4.87. The zero-order chi connectivity index (χ0) is 20.2. The van der Waals surface area contributed by atoms with Crippen LogP contribution in [0, 0.1) is 0 Å². The molecule has 0 radical (unpaired) electrons. The van der Waals surface area contributed by atoms with Crippen LogP contribution in [0.25, 0.3) is 11.0 Å². The third-order valence-electron chi connectivity index (χ3n) is 4.87. The summed E-state index contributed by atoms with van der Waals surface area (Å²) >= 11 is 0. The fourth-order valence-corrected chi connectivity index (χ4v) is 3.59. The fourth-order valence-electron chi connectivity index (χ4n) is 3.59. The second kappa shape index (κ2) is 8.26. The van der Waals surface area contributed by atoms with E-state index >= 15 is 0 Å². The SMILES string of the molecule is CCOc1ccc(NC(=O)Nc2c(N3CCCC3)c3ccccc3oc2=O)cc1. The van der Waals surface area contributed by atoms with E-state index in [2.05, 4.69) is 15.5 Å². The molecule has 1 saturated heterocycles. The molecule has 3 aromatic rings. The number of para-hydroxylation sites is 1. The van der Waals surface area contributed by atoms with Crippen LogP contribution in [-0.2, 0) is 0 Å². The van der Waals surface area contributed by atoms with Crippen molar-refractivity contribution in [2.24, 2.45) is 0 Å². The highest BCUT2D eigenvalue weighted by atomic mass is 16.5. The first-order valence-corrected chi connectivity index (χ1v) is 9.77. The zero-order valence-corrected chi connectivity index (χ0v) is 16.2. The van der Waals surface area contributed by atoms with Crippen molar-refractivity contribution < 1.29 is 13.9 Å². The second-order valence-corrected chi connectivity index (χ2v) is 6.84. The van der Waals surface area contributed by atoms with Crippen LogP contribution < -0.4 is 25.9 Å². The summed E-state index contributed by atoms with van der Waals surface area (Å²) < 4.78 is 10.8. The molecule has 4 rings (SSSR count). The highest BCUT2D eigenvalue weighted by Gasteiger charge is 2.23. The third kappa shape index (κ3) is 4.03. The minimum atomic E-state index is -0.563. The van der Waals surface area contributed by atoms with Gasteiger partial charge >= 0.3 is 11.7 Å². The van der Waals surface area contributed by atoms with Crippen molar-refractivity contribution >= 4 is 34.1 Å². The van der Waals surface area contributed by atoms with Gasteiger partial charge in [0.2, 0.25) is 0 Å². The molecule has 2 heterocycles. The number of nitrogens with zero attached hydrogens (tertiary/aromatic N) is 1. The number of carbonyl (C=O) groups is 1. The normalized spacial score (nSPS) is 13.5. The van der Waals surface area contributed by atoms with Crippen molar-refractivity contribution in [1.29, 1.82) is 0 Å². The van der Waals surface area contributed by atoms with Gasteiger partial charge in [0, 0.05) is 24.2 Å². The van der Waals surface area contributed by atoms with E-state index in [-0.39, 0.29) is 5.69 Å². The number of amides is 2. The molecular formula is C22H23N3O4. The molecule has 0 bridgehead atoms. The largest absolute Gasteiger partial charge is 0.494 e. The van der Waals surface area contributed by atoms with Crippen LogP contribution in [0.5, 0.6) is 5.75 Å². The Morgan fingerprint density at radius 2 is 1.79 bits per heavy atom. The minimum absolute atomic E-state index is 0.161. The lowest BCUT2D eigenvalue weighted by Crippen LogP contribution is -2.27. The predicted molar refractivity (Wildman–Crippen MR) is 114 cm³/mol. The maximum Gasteiger partial charge on any atom is 0.362 e. The molecule has 150 valence electrons. The predicted octanol–water partition coefficient (Wildman–Crippen LogP) is 4.44. The van der Waals surface area contributed by atoms with Gasteiger partial charge in [-0.2, -0.15) is 0 Å². The Bertz CT molecular complexity index is 1070.